The molecule has 1 aromatic carbocycles. The standard InChI is InChI=1S/C16H21N3O4/c1-12(20)17-14-3-5-15(6-4-14)19(13(2)21)11-16(22)18-7-9-23-10-8-18/h3-6H,7-11H2,1-2H3,(H,17,20). The van der Waals surface area contributed by atoms with Gasteiger partial charge >= 0.3 is 0 Å². The lowest BCUT2D eigenvalue weighted by atomic mass is 10.2. The number of anilines is 2. The van der Waals surface area contributed by atoms with Crippen LogP contribution in [0.25, 0.3) is 0 Å². The molecule has 1 fully saturated rings. The zero-order valence-corrected chi connectivity index (χ0v) is 13.4. The van der Waals surface area contributed by atoms with Gasteiger partial charge in [0.15, 0.2) is 0 Å². The van der Waals surface area contributed by atoms with Crippen LogP contribution in [0.5, 0.6) is 0 Å². The summed E-state index contributed by atoms with van der Waals surface area (Å²) in [5.41, 5.74) is 1.26. The first kappa shape index (κ1) is 17.0. The van der Waals surface area contributed by atoms with Gasteiger partial charge in [-0.3, -0.25) is 14.4 Å². The third-order valence-corrected chi connectivity index (χ3v) is 3.54. The van der Waals surface area contributed by atoms with Crippen molar-refractivity contribution in [3.63, 3.8) is 0 Å². The highest BCUT2D eigenvalue weighted by Gasteiger charge is 2.22. The molecule has 124 valence electrons. The summed E-state index contributed by atoms with van der Waals surface area (Å²) in [6.45, 7) is 4.99. The molecule has 0 saturated carbocycles. The highest BCUT2D eigenvalue weighted by Crippen LogP contribution is 2.18. The van der Waals surface area contributed by atoms with Crippen molar-refractivity contribution >= 4 is 29.1 Å². The normalized spacial score (nSPS) is 14.3. The molecular formula is C16H21N3O4. The van der Waals surface area contributed by atoms with Crippen LogP contribution >= 0.6 is 0 Å². The highest BCUT2D eigenvalue weighted by atomic mass is 16.5. The van der Waals surface area contributed by atoms with E-state index in [2.05, 4.69) is 5.32 Å². The average Bonchev–Trinajstić information content (AvgIpc) is 2.53. The SMILES string of the molecule is CC(=O)Nc1ccc(N(CC(=O)N2CCOCC2)C(C)=O)cc1. The zero-order valence-electron chi connectivity index (χ0n) is 13.4. The van der Waals surface area contributed by atoms with Crippen LogP contribution in [0, 0.1) is 0 Å². The largest absolute Gasteiger partial charge is 0.378 e. The molecule has 0 spiro atoms. The number of hydrogen-bond donors (Lipinski definition) is 1. The molecule has 1 saturated heterocycles. The number of nitrogens with one attached hydrogen (secondary N) is 1. The number of hydrogen-bond acceptors (Lipinski definition) is 4. The van der Waals surface area contributed by atoms with Crippen LogP contribution in [0.4, 0.5) is 11.4 Å². The minimum absolute atomic E-state index is 0.00514. The van der Waals surface area contributed by atoms with E-state index < -0.39 is 0 Å². The maximum absolute atomic E-state index is 12.3. The number of nitrogens with zero attached hydrogens (tertiary/aromatic N) is 2. The fraction of sp³-hybridized carbons (Fsp3) is 0.438. The Morgan fingerprint density at radius 1 is 1.13 bits per heavy atom. The van der Waals surface area contributed by atoms with Gasteiger partial charge in [0, 0.05) is 38.3 Å². The number of ether oxygens (including phenoxy) is 1. The van der Waals surface area contributed by atoms with Gasteiger partial charge in [0.05, 0.1) is 13.2 Å². The molecule has 0 unspecified atom stereocenters. The predicted molar refractivity (Wildman–Crippen MR) is 86.2 cm³/mol. The molecule has 0 aliphatic carbocycles. The van der Waals surface area contributed by atoms with Crippen molar-refractivity contribution in [3.8, 4) is 0 Å². The smallest absolute Gasteiger partial charge is 0.242 e. The Labute approximate surface area is 135 Å². The summed E-state index contributed by atoms with van der Waals surface area (Å²) >= 11 is 0. The van der Waals surface area contributed by atoms with Gasteiger partial charge in [0.1, 0.15) is 6.54 Å². The van der Waals surface area contributed by atoms with Crippen molar-refractivity contribution in [1.29, 1.82) is 0 Å². The molecule has 1 aromatic rings. The van der Waals surface area contributed by atoms with Gasteiger partial charge in [-0.15, -0.1) is 0 Å². The molecule has 7 heteroatoms. The van der Waals surface area contributed by atoms with E-state index in [1.54, 1.807) is 29.2 Å². The Kier molecular flexibility index (Phi) is 5.70. The van der Waals surface area contributed by atoms with Crippen molar-refractivity contribution in [2.45, 2.75) is 13.8 Å². The fourth-order valence-corrected chi connectivity index (χ4v) is 2.36. The molecule has 1 N–H and O–H groups in total. The molecule has 1 heterocycles. The number of amides is 3. The van der Waals surface area contributed by atoms with Crippen LogP contribution in [0.3, 0.4) is 0 Å². The van der Waals surface area contributed by atoms with E-state index in [-0.39, 0.29) is 24.3 Å². The van der Waals surface area contributed by atoms with Crippen molar-refractivity contribution in [1.82, 2.24) is 4.90 Å². The molecule has 0 aromatic heterocycles. The number of carbonyl (C=O) groups is 3. The van der Waals surface area contributed by atoms with E-state index in [0.717, 1.165) is 0 Å². The van der Waals surface area contributed by atoms with Crippen LogP contribution in [0.1, 0.15) is 13.8 Å². The van der Waals surface area contributed by atoms with Gasteiger partial charge in [-0.05, 0) is 24.3 Å². The van der Waals surface area contributed by atoms with E-state index in [9.17, 15) is 14.4 Å². The second kappa shape index (κ2) is 7.73. The minimum Gasteiger partial charge on any atom is -0.378 e. The van der Waals surface area contributed by atoms with Gasteiger partial charge < -0.3 is 19.9 Å². The highest BCUT2D eigenvalue weighted by molar-refractivity contribution is 5.98. The topological polar surface area (TPSA) is 79.0 Å². The summed E-state index contributed by atoms with van der Waals surface area (Å²) < 4.78 is 5.22. The van der Waals surface area contributed by atoms with Crippen molar-refractivity contribution in [3.05, 3.63) is 24.3 Å². The third-order valence-electron chi connectivity index (χ3n) is 3.54. The summed E-state index contributed by atoms with van der Waals surface area (Å²) in [6, 6.07) is 6.82. The first-order chi connectivity index (χ1) is 11.0. The van der Waals surface area contributed by atoms with E-state index >= 15 is 0 Å². The molecular weight excluding hydrogens is 298 g/mol. The van der Waals surface area contributed by atoms with E-state index in [0.29, 0.717) is 37.7 Å². The Morgan fingerprint density at radius 3 is 2.26 bits per heavy atom. The number of morpholine rings is 1. The quantitative estimate of drug-likeness (QED) is 0.892. The first-order valence-corrected chi connectivity index (χ1v) is 7.48. The van der Waals surface area contributed by atoms with Crippen LogP contribution < -0.4 is 10.2 Å². The molecule has 1 aliphatic heterocycles. The van der Waals surface area contributed by atoms with E-state index in [4.69, 9.17) is 4.74 Å². The summed E-state index contributed by atoms with van der Waals surface area (Å²) in [7, 11) is 0. The molecule has 1 aliphatic rings. The Bertz CT molecular complexity index is 579. The Hall–Kier alpha value is -2.41. The lowest BCUT2D eigenvalue weighted by Crippen LogP contribution is -2.46. The van der Waals surface area contributed by atoms with Crippen LogP contribution in [-0.2, 0) is 19.1 Å². The third kappa shape index (κ3) is 4.79. The van der Waals surface area contributed by atoms with Crippen molar-refractivity contribution < 1.29 is 19.1 Å². The zero-order chi connectivity index (χ0) is 16.8. The monoisotopic (exact) mass is 319 g/mol. The lowest BCUT2D eigenvalue weighted by Gasteiger charge is -2.29. The van der Waals surface area contributed by atoms with Gasteiger partial charge in [-0.1, -0.05) is 0 Å². The molecule has 7 nitrogen and oxygen atoms in total. The molecule has 0 radical (unpaired) electrons. The minimum atomic E-state index is -0.209. The molecule has 3 amide bonds. The van der Waals surface area contributed by atoms with E-state index in [1.165, 1.54) is 18.7 Å². The first-order valence-electron chi connectivity index (χ1n) is 7.48. The fourth-order valence-electron chi connectivity index (χ4n) is 2.36. The molecule has 2 rings (SSSR count). The average molecular weight is 319 g/mol. The molecule has 23 heavy (non-hydrogen) atoms. The summed E-state index contributed by atoms with van der Waals surface area (Å²) in [5, 5.41) is 2.66. The Morgan fingerprint density at radius 2 is 1.74 bits per heavy atom. The van der Waals surface area contributed by atoms with Gasteiger partial charge in [-0.25, -0.2) is 0 Å². The van der Waals surface area contributed by atoms with Gasteiger partial charge in [-0.2, -0.15) is 0 Å². The second-order valence-corrected chi connectivity index (χ2v) is 5.33. The molecule has 0 bridgehead atoms. The second-order valence-electron chi connectivity index (χ2n) is 5.33. The summed E-state index contributed by atoms with van der Waals surface area (Å²) in [5.74, 6) is -0.475. The number of benzene rings is 1. The predicted octanol–water partition coefficient (Wildman–Crippen LogP) is 0.857. The number of rotatable bonds is 4. The maximum Gasteiger partial charge on any atom is 0.242 e. The Balaban J connectivity index is 2.06. The molecule has 0 atom stereocenters. The van der Waals surface area contributed by atoms with Gasteiger partial charge in [0.2, 0.25) is 17.7 Å². The summed E-state index contributed by atoms with van der Waals surface area (Å²) in [4.78, 5) is 38.4. The van der Waals surface area contributed by atoms with Gasteiger partial charge in [0.25, 0.3) is 0 Å². The van der Waals surface area contributed by atoms with Crippen LogP contribution in [-0.4, -0.2) is 55.5 Å². The van der Waals surface area contributed by atoms with Crippen LogP contribution in [0.2, 0.25) is 0 Å². The van der Waals surface area contributed by atoms with E-state index in [1.807, 2.05) is 0 Å². The van der Waals surface area contributed by atoms with Crippen molar-refractivity contribution in [2.75, 3.05) is 43.1 Å². The van der Waals surface area contributed by atoms with Crippen LogP contribution in [0.15, 0.2) is 24.3 Å². The van der Waals surface area contributed by atoms with Crippen molar-refractivity contribution in [2.24, 2.45) is 0 Å². The summed E-state index contributed by atoms with van der Waals surface area (Å²) in [6.07, 6.45) is 0. The number of carbonyl (C=O) groups excluding carboxylic acids is 3. The maximum atomic E-state index is 12.3. The lowest BCUT2D eigenvalue weighted by molar-refractivity contribution is -0.134.